The second-order valence-electron chi connectivity index (χ2n) is 9.82. The highest BCUT2D eigenvalue weighted by atomic mass is 16.5. The van der Waals surface area contributed by atoms with E-state index in [0.29, 0.717) is 39.8 Å². The first-order valence-corrected chi connectivity index (χ1v) is 12.9. The van der Waals surface area contributed by atoms with E-state index >= 15 is 0 Å². The van der Waals surface area contributed by atoms with Crippen molar-refractivity contribution in [1.82, 2.24) is 9.88 Å². The minimum atomic E-state index is -0.783. The number of fused-ring (bicyclic) bond motifs is 4. The fraction of sp³-hybridized carbons (Fsp3) is 0.333. The highest BCUT2D eigenvalue weighted by Gasteiger charge is 2.37. The maximum absolute atomic E-state index is 13.4. The molecule has 1 aliphatic heterocycles. The van der Waals surface area contributed by atoms with Gasteiger partial charge in [-0.1, -0.05) is 18.2 Å². The van der Waals surface area contributed by atoms with Crippen molar-refractivity contribution in [3.63, 3.8) is 0 Å². The van der Waals surface area contributed by atoms with Crippen LogP contribution in [0, 0.1) is 13.8 Å². The molecule has 2 aromatic heterocycles. The molecule has 208 valence electrons. The lowest BCUT2D eigenvalue weighted by molar-refractivity contribution is -0.154. The molecule has 10 heteroatoms. The summed E-state index contributed by atoms with van der Waals surface area (Å²) in [7, 11) is 2.61. The molecule has 0 aliphatic carbocycles. The quantitative estimate of drug-likeness (QED) is 0.276. The summed E-state index contributed by atoms with van der Waals surface area (Å²) in [6.07, 6.45) is 0.604. The number of hydrogen-bond acceptors (Lipinski definition) is 8. The largest absolute Gasteiger partial charge is 0.483 e. The van der Waals surface area contributed by atoms with Gasteiger partial charge in [-0.15, -0.1) is 0 Å². The van der Waals surface area contributed by atoms with E-state index in [-0.39, 0.29) is 31.9 Å². The summed E-state index contributed by atoms with van der Waals surface area (Å²) in [5, 5.41) is 1.73. The average Bonchev–Trinajstić information content (AvgIpc) is 3.33. The van der Waals surface area contributed by atoms with Crippen LogP contribution in [0.4, 0.5) is 0 Å². The highest BCUT2D eigenvalue weighted by Crippen LogP contribution is 2.32. The molecule has 0 spiro atoms. The number of methoxy groups -OCH3 is 2. The normalized spacial score (nSPS) is 14.7. The van der Waals surface area contributed by atoms with Gasteiger partial charge in [0.05, 0.1) is 20.8 Å². The maximum Gasteiger partial charge on any atom is 0.339 e. The number of aromatic amines is 1. The van der Waals surface area contributed by atoms with E-state index < -0.39 is 23.6 Å². The van der Waals surface area contributed by atoms with Crippen LogP contribution in [0.5, 0.6) is 5.75 Å². The monoisotopic (exact) mass is 546 g/mol. The number of para-hydroxylation sites is 1. The van der Waals surface area contributed by atoms with Crippen molar-refractivity contribution >= 4 is 39.7 Å². The summed E-state index contributed by atoms with van der Waals surface area (Å²) in [6, 6.07) is 10.5. The van der Waals surface area contributed by atoms with E-state index in [1.54, 1.807) is 26.0 Å². The van der Waals surface area contributed by atoms with Crippen LogP contribution in [-0.4, -0.2) is 54.6 Å². The number of aromatic nitrogens is 1. The van der Waals surface area contributed by atoms with Crippen LogP contribution in [0.2, 0.25) is 0 Å². The number of esters is 2. The first kappa shape index (κ1) is 27.0. The van der Waals surface area contributed by atoms with Crippen molar-refractivity contribution in [2.45, 2.75) is 45.7 Å². The molecule has 0 radical (unpaired) electrons. The molecule has 0 bridgehead atoms. The van der Waals surface area contributed by atoms with Gasteiger partial charge in [-0.25, -0.2) is 9.59 Å². The lowest BCUT2D eigenvalue weighted by atomic mass is 9.96. The summed E-state index contributed by atoms with van der Waals surface area (Å²) in [5.74, 6) is -0.905. The number of carbonyl (C=O) groups is 3. The zero-order chi connectivity index (χ0) is 28.6. The van der Waals surface area contributed by atoms with Crippen LogP contribution in [0.15, 0.2) is 45.6 Å². The number of nitrogens with one attached hydrogen (secondary N) is 1. The Morgan fingerprint density at radius 1 is 1.02 bits per heavy atom. The second-order valence-corrected chi connectivity index (χ2v) is 9.82. The molecule has 1 N–H and O–H groups in total. The Kier molecular flexibility index (Phi) is 7.34. The van der Waals surface area contributed by atoms with Gasteiger partial charge in [-0.05, 0) is 49.6 Å². The lowest BCUT2D eigenvalue weighted by Crippen LogP contribution is -2.50. The number of rotatable bonds is 7. The van der Waals surface area contributed by atoms with Crippen molar-refractivity contribution in [3.8, 4) is 5.75 Å². The first-order chi connectivity index (χ1) is 19.2. The molecule has 1 aliphatic rings. The van der Waals surface area contributed by atoms with Crippen LogP contribution in [-0.2, 0) is 43.2 Å². The third-order valence-corrected chi connectivity index (χ3v) is 7.61. The molecule has 40 heavy (non-hydrogen) atoms. The predicted molar refractivity (Wildman–Crippen MR) is 146 cm³/mol. The number of ether oxygens (including phenoxy) is 3. The standard InChI is InChI=1S/C30H30N2O8/c1-16-18-9-11-25(17(2)28(18)40-29(35)19(16)10-12-27(34)37-3)39-15-26(33)32-14-23-21(13-24(32)30(36)38-4)20-7-5-6-8-22(20)31-23/h5-9,11,24,31H,10,12-15H2,1-4H3. The Hall–Kier alpha value is -4.60. The smallest absolute Gasteiger partial charge is 0.339 e. The summed E-state index contributed by atoms with van der Waals surface area (Å²) >= 11 is 0. The number of H-pyrrole nitrogens is 1. The van der Waals surface area contributed by atoms with E-state index in [0.717, 1.165) is 22.2 Å². The van der Waals surface area contributed by atoms with Crippen molar-refractivity contribution < 1.29 is 33.0 Å². The van der Waals surface area contributed by atoms with Gasteiger partial charge in [0.25, 0.3) is 5.91 Å². The van der Waals surface area contributed by atoms with Crippen molar-refractivity contribution in [3.05, 3.63) is 74.8 Å². The minimum Gasteiger partial charge on any atom is -0.483 e. The van der Waals surface area contributed by atoms with Crippen LogP contribution < -0.4 is 10.4 Å². The lowest BCUT2D eigenvalue weighted by Gasteiger charge is -2.33. The van der Waals surface area contributed by atoms with Gasteiger partial charge < -0.3 is 28.5 Å². The number of nitrogens with zero attached hydrogens (tertiary/aromatic N) is 1. The number of benzene rings is 2. The van der Waals surface area contributed by atoms with E-state index in [4.69, 9.17) is 13.9 Å². The topological polar surface area (TPSA) is 128 Å². The van der Waals surface area contributed by atoms with Crippen LogP contribution in [0.3, 0.4) is 0 Å². The van der Waals surface area contributed by atoms with Gasteiger partial charge in [0.2, 0.25) is 0 Å². The highest BCUT2D eigenvalue weighted by molar-refractivity contribution is 5.90. The molecule has 0 saturated heterocycles. The molecular formula is C30H30N2O8. The van der Waals surface area contributed by atoms with Gasteiger partial charge in [-0.2, -0.15) is 0 Å². The van der Waals surface area contributed by atoms with E-state index in [9.17, 15) is 19.2 Å². The molecule has 2 aromatic carbocycles. The molecule has 10 nitrogen and oxygen atoms in total. The van der Waals surface area contributed by atoms with E-state index in [2.05, 4.69) is 9.72 Å². The van der Waals surface area contributed by atoms with Crippen molar-refractivity contribution in [1.29, 1.82) is 0 Å². The molecule has 0 fully saturated rings. The Morgan fingerprint density at radius 2 is 1.80 bits per heavy atom. The minimum absolute atomic E-state index is 0.0684. The number of amides is 1. The Morgan fingerprint density at radius 3 is 2.55 bits per heavy atom. The third kappa shape index (κ3) is 4.81. The Labute approximate surface area is 229 Å². The van der Waals surface area contributed by atoms with Gasteiger partial charge >= 0.3 is 17.6 Å². The van der Waals surface area contributed by atoms with Crippen LogP contribution in [0.1, 0.15) is 34.4 Å². The van der Waals surface area contributed by atoms with Crippen LogP contribution >= 0.6 is 0 Å². The van der Waals surface area contributed by atoms with Gasteiger partial charge in [0, 0.05) is 46.0 Å². The molecule has 3 heterocycles. The summed E-state index contributed by atoms with van der Waals surface area (Å²) in [6.45, 7) is 3.44. The maximum atomic E-state index is 13.4. The summed E-state index contributed by atoms with van der Waals surface area (Å²) in [5.41, 5.74) is 4.32. The summed E-state index contributed by atoms with van der Waals surface area (Å²) < 4.78 is 21.2. The summed E-state index contributed by atoms with van der Waals surface area (Å²) in [4.78, 5) is 55.2. The molecule has 0 saturated carbocycles. The molecule has 1 amide bonds. The van der Waals surface area contributed by atoms with E-state index in [1.165, 1.54) is 19.1 Å². The fourth-order valence-corrected chi connectivity index (χ4v) is 5.38. The van der Waals surface area contributed by atoms with Gasteiger partial charge in [0.15, 0.2) is 6.61 Å². The second kappa shape index (κ2) is 10.9. The number of hydrogen-bond donors (Lipinski definition) is 1. The Balaban J connectivity index is 1.38. The van der Waals surface area contributed by atoms with Gasteiger partial charge in [0.1, 0.15) is 17.4 Å². The fourth-order valence-electron chi connectivity index (χ4n) is 5.38. The zero-order valence-corrected chi connectivity index (χ0v) is 22.8. The molecule has 5 rings (SSSR count). The SMILES string of the molecule is COC(=O)CCc1c(C)c2ccc(OCC(=O)N3Cc4[nH]c5ccccc5c4CC3C(=O)OC)c(C)c2oc1=O. The van der Waals surface area contributed by atoms with Gasteiger partial charge in [-0.3, -0.25) is 9.59 Å². The third-order valence-electron chi connectivity index (χ3n) is 7.61. The van der Waals surface area contributed by atoms with Crippen molar-refractivity contribution in [2.24, 2.45) is 0 Å². The predicted octanol–water partition coefficient (Wildman–Crippen LogP) is 3.50. The molecule has 1 unspecified atom stereocenters. The Bertz CT molecular complexity index is 1700. The molecule has 4 aromatic rings. The average molecular weight is 547 g/mol. The van der Waals surface area contributed by atoms with Crippen LogP contribution in [0.25, 0.3) is 21.9 Å². The number of carbonyl (C=O) groups excluding carboxylic acids is 3. The van der Waals surface area contributed by atoms with Crippen molar-refractivity contribution in [2.75, 3.05) is 20.8 Å². The number of aryl methyl sites for hydroxylation is 2. The first-order valence-electron chi connectivity index (χ1n) is 12.9. The van der Waals surface area contributed by atoms with E-state index in [1.807, 2.05) is 24.3 Å². The molecular weight excluding hydrogens is 516 g/mol. The zero-order valence-electron chi connectivity index (χ0n) is 22.8. The molecule has 1 atom stereocenters.